The van der Waals surface area contributed by atoms with Gasteiger partial charge in [0.05, 0.1) is 16.9 Å². The molecule has 0 aliphatic heterocycles. The summed E-state index contributed by atoms with van der Waals surface area (Å²) in [5.74, 6) is -0.363. The molecular weight excluding hydrogens is 347 g/mol. The Hall–Kier alpha value is -2.04. The van der Waals surface area contributed by atoms with E-state index in [1.807, 2.05) is 24.3 Å². The summed E-state index contributed by atoms with van der Waals surface area (Å²) in [7, 11) is 0. The largest absolute Gasteiger partial charge is 0.383 e. The Bertz CT molecular complexity index is 730. The fourth-order valence-corrected chi connectivity index (χ4v) is 2.23. The van der Waals surface area contributed by atoms with E-state index in [0.29, 0.717) is 15.7 Å². The van der Waals surface area contributed by atoms with E-state index in [2.05, 4.69) is 17.4 Å². The first-order chi connectivity index (χ1) is 11.5. The number of carbonyl (C=O) groups excluding carboxylic acids is 1. The number of oxime groups is 1. The monoisotopic (exact) mass is 364 g/mol. The van der Waals surface area contributed by atoms with Gasteiger partial charge in [0, 0.05) is 5.02 Å². The topological polar surface area (TPSA) is 50.7 Å². The molecule has 0 fully saturated rings. The highest BCUT2D eigenvalue weighted by molar-refractivity contribution is 6.35. The Balaban J connectivity index is 1.91. The van der Waals surface area contributed by atoms with Crippen molar-refractivity contribution < 1.29 is 9.63 Å². The van der Waals surface area contributed by atoms with Crippen LogP contribution in [0.1, 0.15) is 25.0 Å². The number of carbonyl (C=O) groups is 1. The summed E-state index contributed by atoms with van der Waals surface area (Å²) in [6.07, 6.45) is 1.78. The summed E-state index contributed by atoms with van der Waals surface area (Å²) in [6.45, 7) is 3.70. The number of aryl methyl sites for hydroxylation is 1. The molecule has 0 bridgehead atoms. The van der Waals surface area contributed by atoms with E-state index in [1.165, 1.54) is 5.56 Å². The van der Waals surface area contributed by atoms with Crippen molar-refractivity contribution in [3.8, 4) is 0 Å². The van der Waals surface area contributed by atoms with Gasteiger partial charge in [-0.2, -0.15) is 0 Å². The number of nitrogens with one attached hydrogen (secondary N) is 1. The Morgan fingerprint density at radius 1 is 1.25 bits per heavy atom. The third-order valence-corrected chi connectivity index (χ3v) is 3.93. The van der Waals surface area contributed by atoms with Crippen molar-refractivity contribution in [1.29, 1.82) is 0 Å². The van der Waals surface area contributed by atoms with E-state index in [4.69, 9.17) is 28.0 Å². The first-order valence-electron chi connectivity index (χ1n) is 7.53. The van der Waals surface area contributed by atoms with Crippen molar-refractivity contribution in [3.63, 3.8) is 0 Å². The van der Waals surface area contributed by atoms with Gasteiger partial charge in [0.25, 0.3) is 5.91 Å². The van der Waals surface area contributed by atoms with Crippen molar-refractivity contribution in [2.45, 2.75) is 26.4 Å². The molecule has 0 saturated heterocycles. The van der Waals surface area contributed by atoms with Crippen LogP contribution in [-0.2, 0) is 16.1 Å². The lowest BCUT2D eigenvalue weighted by Gasteiger charge is -2.11. The summed E-state index contributed by atoms with van der Waals surface area (Å²) >= 11 is 11.9. The summed E-state index contributed by atoms with van der Waals surface area (Å²) in [5.41, 5.74) is 2.58. The molecule has 0 heterocycles. The summed E-state index contributed by atoms with van der Waals surface area (Å²) in [5, 5.41) is 7.40. The van der Waals surface area contributed by atoms with Gasteiger partial charge in [0.15, 0.2) is 0 Å². The summed E-state index contributed by atoms with van der Waals surface area (Å²) < 4.78 is 0. The highest BCUT2D eigenvalue weighted by Gasteiger charge is 2.15. The molecule has 0 aliphatic carbocycles. The molecule has 4 nitrogen and oxygen atoms in total. The predicted molar refractivity (Wildman–Crippen MR) is 99.1 cm³/mol. The van der Waals surface area contributed by atoms with Gasteiger partial charge >= 0.3 is 0 Å². The number of nitrogens with zero attached hydrogens (tertiary/aromatic N) is 1. The predicted octanol–water partition coefficient (Wildman–Crippen LogP) is 4.93. The lowest BCUT2D eigenvalue weighted by molar-refractivity contribution is -0.126. The first kappa shape index (κ1) is 18.3. The van der Waals surface area contributed by atoms with Gasteiger partial charge < -0.3 is 10.2 Å². The number of anilines is 1. The number of rotatable bonds is 6. The summed E-state index contributed by atoms with van der Waals surface area (Å²) in [4.78, 5) is 17.3. The molecule has 0 aromatic heterocycles. The maximum absolute atomic E-state index is 12.1. The van der Waals surface area contributed by atoms with Crippen LogP contribution >= 0.6 is 23.2 Å². The SMILES string of the molecule is CCc1ccc(/C=N\O[C@H](C)C(=O)Nc2cc(Cl)ccc2Cl)cc1. The number of benzene rings is 2. The van der Waals surface area contributed by atoms with E-state index in [1.54, 1.807) is 31.3 Å². The van der Waals surface area contributed by atoms with Gasteiger partial charge in [-0.15, -0.1) is 0 Å². The standard InChI is InChI=1S/C18H18Cl2N2O2/c1-3-13-4-6-14(7-5-13)11-21-24-12(2)18(23)22-17-10-15(19)8-9-16(17)20/h4-12H,3H2,1-2H3,(H,22,23)/b21-11-/t12-/m1/s1. The van der Waals surface area contributed by atoms with Crippen molar-refractivity contribution in [1.82, 2.24) is 0 Å². The van der Waals surface area contributed by atoms with Crippen molar-refractivity contribution in [2.24, 2.45) is 5.16 Å². The number of halogens is 2. The molecule has 0 unspecified atom stereocenters. The third-order valence-electron chi connectivity index (χ3n) is 3.36. The minimum Gasteiger partial charge on any atom is -0.383 e. The lowest BCUT2D eigenvalue weighted by atomic mass is 10.1. The van der Waals surface area contributed by atoms with Crippen LogP contribution in [0.3, 0.4) is 0 Å². The van der Waals surface area contributed by atoms with Gasteiger partial charge in [-0.1, -0.05) is 59.5 Å². The van der Waals surface area contributed by atoms with Gasteiger partial charge in [0.1, 0.15) is 0 Å². The molecule has 1 amide bonds. The molecule has 6 heteroatoms. The molecule has 2 rings (SSSR count). The van der Waals surface area contributed by atoms with E-state index < -0.39 is 6.10 Å². The van der Waals surface area contributed by atoms with Crippen molar-refractivity contribution in [3.05, 3.63) is 63.6 Å². The molecule has 2 aromatic rings. The second-order valence-corrected chi connectivity index (χ2v) is 6.03. The van der Waals surface area contributed by atoms with E-state index >= 15 is 0 Å². The molecular formula is C18H18Cl2N2O2. The maximum atomic E-state index is 12.1. The van der Waals surface area contributed by atoms with Crippen LogP contribution < -0.4 is 5.32 Å². The molecule has 1 atom stereocenters. The minimum absolute atomic E-state index is 0.363. The van der Waals surface area contributed by atoms with Crippen LogP contribution in [-0.4, -0.2) is 18.2 Å². The minimum atomic E-state index is -0.772. The molecule has 0 radical (unpaired) electrons. The van der Waals surface area contributed by atoms with Crippen LogP contribution in [0, 0.1) is 0 Å². The second kappa shape index (κ2) is 8.71. The Labute approximate surface area is 151 Å². The van der Waals surface area contributed by atoms with Crippen molar-refractivity contribution >= 4 is 41.0 Å². The highest BCUT2D eigenvalue weighted by atomic mass is 35.5. The van der Waals surface area contributed by atoms with Gasteiger partial charge in [0.2, 0.25) is 6.10 Å². The van der Waals surface area contributed by atoms with Crippen LogP contribution in [0.15, 0.2) is 47.6 Å². The average Bonchev–Trinajstić information content (AvgIpc) is 2.58. The second-order valence-electron chi connectivity index (χ2n) is 5.19. The number of hydrogen-bond acceptors (Lipinski definition) is 3. The van der Waals surface area contributed by atoms with Gasteiger partial charge in [-0.05, 0) is 42.7 Å². The molecule has 126 valence electrons. The summed E-state index contributed by atoms with van der Waals surface area (Å²) in [6, 6.07) is 12.8. The Kier molecular flexibility index (Phi) is 6.64. The zero-order chi connectivity index (χ0) is 17.5. The lowest BCUT2D eigenvalue weighted by Crippen LogP contribution is -2.26. The Morgan fingerprint density at radius 3 is 2.62 bits per heavy atom. The fourth-order valence-electron chi connectivity index (χ4n) is 1.90. The van der Waals surface area contributed by atoms with Crippen molar-refractivity contribution in [2.75, 3.05) is 5.32 Å². The zero-order valence-electron chi connectivity index (χ0n) is 13.4. The molecule has 2 aromatic carbocycles. The molecule has 0 spiro atoms. The van der Waals surface area contributed by atoms with Crippen LogP contribution in [0.5, 0.6) is 0 Å². The van der Waals surface area contributed by atoms with Gasteiger partial charge in [-0.3, -0.25) is 4.79 Å². The van der Waals surface area contributed by atoms with E-state index in [9.17, 15) is 4.79 Å². The van der Waals surface area contributed by atoms with Crippen LogP contribution in [0.4, 0.5) is 5.69 Å². The first-order valence-corrected chi connectivity index (χ1v) is 8.29. The van der Waals surface area contributed by atoms with Crippen LogP contribution in [0.2, 0.25) is 10.0 Å². The third kappa shape index (κ3) is 5.25. The van der Waals surface area contributed by atoms with E-state index in [-0.39, 0.29) is 5.91 Å². The number of hydrogen-bond donors (Lipinski definition) is 1. The van der Waals surface area contributed by atoms with Gasteiger partial charge in [-0.25, -0.2) is 0 Å². The van der Waals surface area contributed by atoms with Crippen LogP contribution in [0.25, 0.3) is 0 Å². The maximum Gasteiger partial charge on any atom is 0.268 e. The Morgan fingerprint density at radius 2 is 1.96 bits per heavy atom. The fraction of sp³-hybridized carbons (Fsp3) is 0.222. The molecule has 1 N–H and O–H groups in total. The number of amides is 1. The molecule has 24 heavy (non-hydrogen) atoms. The average molecular weight is 365 g/mol. The zero-order valence-corrected chi connectivity index (χ0v) is 14.9. The molecule has 0 aliphatic rings. The smallest absolute Gasteiger partial charge is 0.268 e. The molecule has 0 saturated carbocycles. The van der Waals surface area contributed by atoms with E-state index in [0.717, 1.165) is 12.0 Å². The quantitative estimate of drug-likeness (QED) is 0.583. The highest BCUT2D eigenvalue weighted by Crippen LogP contribution is 2.25. The normalized spacial score (nSPS) is 12.2.